The highest BCUT2D eigenvalue weighted by Crippen LogP contribution is 2.06. The molecule has 2 N–H and O–H groups in total. The standard InChI is InChI=1S/C17H26FN3O3/c1-17(2,3)24-16(23)21-10-6-4-5-9-20-15(22)12-14-13(18)8-7-11-19-14/h7-8,11H,4-6,9-10,12H2,1-3H3,(H,20,22)(H,21,23). The topological polar surface area (TPSA) is 80.3 Å². The van der Waals surface area contributed by atoms with Gasteiger partial charge in [0.05, 0.1) is 12.1 Å². The van der Waals surface area contributed by atoms with Gasteiger partial charge in [0.25, 0.3) is 0 Å². The maximum absolute atomic E-state index is 13.4. The molecule has 0 spiro atoms. The van der Waals surface area contributed by atoms with Crippen molar-refractivity contribution >= 4 is 12.0 Å². The van der Waals surface area contributed by atoms with Gasteiger partial charge in [0.1, 0.15) is 11.4 Å². The van der Waals surface area contributed by atoms with Crippen LogP contribution >= 0.6 is 0 Å². The van der Waals surface area contributed by atoms with Crippen LogP contribution in [-0.2, 0) is 16.0 Å². The number of rotatable bonds is 8. The molecular weight excluding hydrogens is 313 g/mol. The summed E-state index contributed by atoms with van der Waals surface area (Å²) in [6.45, 7) is 6.48. The molecule has 1 rings (SSSR count). The molecule has 2 amide bonds. The van der Waals surface area contributed by atoms with Gasteiger partial charge < -0.3 is 15.4 Å². The third-order valence-corrected chi connectivity index (χ3v) is 3.01. The molecule has 1 heterocycles. The third kappa shape index (κ3) is 9.07. The Labute approximate surface area is 142 Å². The molecule has 0 saturated heterocycles. The van der Waals surface area contributed by atoms with Crippen LogP contribution in [0.1, 0.15) is 45.7 Å². The summed E-state index contributed by atoms with van der Waals surface area (Å²) in [5.74, 6) is -0.722. The van der Waals surface area contributed by atoms with Gasteiger partial charge in [0.2, 0.25) is 5.91 Å². The van der Waals surface area contributed by atoms with Crippen LogP contribution in [-0.4, -0.2) is 35.7 Å². The largest absolute Gasteiger partial charge is 0.444 e. The molecule has 0 fully saturated rings. The summed E-state index contributed by atoms with van der Waals surface area (Å²) in [4.78, 5) is 26.9. The van der Waals surface area contributed by atoms with Crippen molar-refractivity contribution in [1.29, 1.82) is 0 Å². The Morgan fingerprint density at radius 1 is 1.17 bits per heavy atom. The first-order chi connectivity index (χ1) is 11.3. The van der Waals surface area contributed by atoms with Gasteiger partial charge >= 0.3 is 6.09 Å². The molecule has 0 saturated carbocycles. The minimum atomic E-state index is -0.499. The molecular formula is C17H26FN3O3. The smallest absolute Gasteiger partial charge is 0.407 e. The van der Waals surface area contributed by atoms with Crippen molar-refractivity contribution in [2.24, 2.45) is 0 Å². The molecule has 0 aliphatic rings. The number of nitrogens with zero attached hydrogens (tertiary/aromatic N) is 1. The fourth-order valence-corrected chi connectivity index (χ4v) is 1.92. The van der Waals surface area contributed by atoms with E-state index in [2.05, 4.69) is 15.6 Å². The average molecular weight is 339 g/mol. The van der Waals surface area contributed by atoms with Crippen LogP contribution in [0.3, 0.4) is 0 Å². The summed E-state index contributed by atoms with van der Waals surface area (Å²) in [6, 6.07) is 2.77. The number of amides is 2. The lowest BCUT2D eigenvalue weighted by Gasteiger charge is -2.19. The van der Waals surface area contributed by atoms with Crippen LogP contribution in [0.25, 0.3) is 0 Å². The fraction of sp³-hybridized carbons (Fsp3) is 0.588. The Morgan fingerprint density at radius 3 is 2.46 bits per heavy atom. The van der Waals surface area contributed by atoms with E-state index >= 15 is 0 Å². The Balaban J connectivity index is 2.05. The molecule has 1 aromatic heterocycles. The molecule has 0 bridgehead atoms. The van der Waals surface area contributed by atoms with Gasteiger partial charge in [-0.15, -0.1) is 0 Å². The molecule has 24 heavy (non-hydrogen) atoms. The zero-order valence-electron chi connectivity index (χ0n) is 14.5. The summed E-state index contributed by atoms with van der Waals surface area (Å²) >= 11 is 0. The van der Waals surface area contributed by atoms with Crippen LogP contribution in [0.4, 0.5) is 9.18 Å². The van der Waals surface area contributed by atoms with E-state index in [9.17, 15) is 14.0 Å². The highest BCUT2D eigenvalue weighted by Gasteiger charge is 2.15. The zero-order chi connectivity index (χ0) is 18.0. The molecule has 1 aromatic rings. The van der Waals surface area contributed by atoms with E-state index in [0.717, 1.165) is 19.3 Å². The van der Waals surface area contributed by atoms with Crippen molar-refractivity contribution in [2.75, 3.05) is 13.1 Å². The summed E-state index contributed by atoms with van der Waals surface area (Å²) in [5.41, 5.74) is -0.349. The van der Waals surface area contributed by atoms with Gasteiger partial charge in [-0.25, -0.2) is 9.18 Å². The lowest BCUT2D eigenvalue weighted by molar-refractivity contribution is -0.120. The molecule has 134 valence electrons. The first-order valence-corrected chi connectivity index (χ1v) is 8.11. The number of ether oxygens (including phenoxy) is 1. The number of nitrogens with one attached hydrogen (secondary N) is 2. The van der Waals surface area contributed by atoms with Crippen LogP contribution in [0.15, 0.2) is 18.3 Å². The molecule has 0 aliphatic heterocycles. The van der Waals surface area contributed by atoms with Gasteiger partial charge in [-0.05, 0) is 52.2 Å². The minimum absolute atomic E-state index is 0.0626. The molecule has 7 heteroatoms. The first kappa shape index (κ1) is 19.9. The van der Waals surface area contributed by atoms with E-state index in [1.807, 2.05) is 20.8 Å². The molecule has 0 aromatic carbocycles. The predicted molar refractivity (Wildman–Crippen MR) is 89.0 cm³/mol. The highest BCUT2D eigenvalue weighted by atomic mass is 19.1. The van der Waals surface area contributed by atoms with E-state index in [-0.39, 0.29) is 18.0 Å². The van der Waals surface area contributed by atoms with Crippen molar-refractivity contribution < 1.29 is 18.7 Å². The van der Waals surface area contributed by atoms with E-state index in [0.29, 0.717) is 13.1 Å². The Bertz CT molecular complexity index is 544. The summed E-state index contributed by atoms with van der Waals surface area (Å²) in [5, 5.41) is 5.41. The van der Waals surface area contributed by atoms with Crippen molar-refractivity contribution in [1.82, 2.24) is 15.6 Å². The minimum Gasteiger partial charge on any atom is -0.444 e. The van der Waals surface area contributed by atoms with E-state index < -0.39 is 17.5 Å². The van der Waals surface area contributed by atoms with E-state index in [1.54, 1.807) is 0 Å². The second-order valence-electron chi connectivity index (χ2n) is 6.45. The molecule has 0 radical (unpaired) electrons. The van der Waals surface area contributed by atoms with Crippen LogP contribution in [0, 0.1) is 5.82 Å². The number of pyridine rings is 1. The van der Waals surface area contributed by atoms with Crippen LogP contribution in [0.2, 0.25) is 0 Å². The Hall–Kier alpha value is -2.18. The van der Waals surface area contributed by atoms with Gasteiger partial charge in [-0.2, -0.15) is 0 Å². The predicted octanol–water partition coefficient (Wildman–Crippen LogP) is 2.57. The third-order valence-electron chi connectivity index (χ3n) is 3.01. The molecule has 6 nitrogen and oxygen atoms in total. The highest BCUT2D eigenvalue weighted by molar-refractivity contribution is 5.78. The van der Waals surface area contributed by atoms with Crippen molar-refractivity contribution in [3.63, 3.8) is 0 Å². The molecule has 0 unspecified atom stereocenters. The van der Waals surface area contributed by atoms with E-state index in [1.165, 1.54) is 18.3 Å². The monoisotopic (exact) mass is 339 g/mol. The number of hydrogen-bond acceptors (Lipinski definition) is 4. The van der Waals surface area contributed by atoms with Crippen molar-refractivity contribution in [2.45, 2.75) is 52.1 Å². The van der Waals surface area contributed by atoms with Gasteiger partial charge in [-0.1, -0.05) is 0 Å². The zero-order valence-corrected chi connectivity index (χ0v) is 14.5. The Morgan fingerprint density at radius 2 is 1.83 bits per heavy atom. The number of halogens is 1. The summed E-state index contributed by atoms with van der Waals surface area (Å²) in [6.07, 6.45) is 3.41. The van der Waals surface area contributed by atoms with Gasteiger partial charge in [-0.3, -0.25) is 9.78 Å². The molecule has 0 aliphatic carbocycles. The van der Waals surface area contributed by atoms with Crippen LogP contribution < -0.4 is 10.6 Å². The molecule has 0 atom stereocenters. The lowest BCUT2D eigenvalue weighted by Crippen LogP contribution is -2.33. The summed E-state index contributed by atoms with van der Waals surface area (Å²) < 4.78 is 18.5. The summed E-state index contributed by atoms with van der Waals surface area (Å²) in [7, 11) is 0. The Kier molecular flexibility index (Phi) is 8.15. The average Bonchev–Trinajstić information content (AvgIpc) is 2.47. The number of hydrogen-bond donors (Lipinski definition) is 2. The number of unbranched alkanes of at least 4 members (excludes halogenated alkanes) is 2. The number of carbonyl (C=O) groups excluding carboxylic acids is 2. The normalized spacial score (nSPS) is 11.0. The first-order valence-electron chi connectivity index (χ1n) is 8.11. The van der Waals surface area contributed by atoms with Gasteiger partial charge in [0, 0.05) is 19.3 Å². The number of alkyl carbamates (subject to hydrolysis) is 1. The second-order valence-corrected chi connectivity index (χ2v) is 6.45. The van der Waals surface area contributed by atoms with E-state index in [4.69, 9.17) is 4.74 Å². The lowest BCUT2D eigenvalue weighted by atomic mass is 10.2. The van der Waals surface area contributed by atoms with Crippen molar-refractivity contribution in [3.8, 4) is 0 Å². The number of aromatic nitrogens is 1. The maximum atomic E-state index is 13.4. The fourth-order valence-electron chi connectivity index (χ4n) is 1.92. The van der Waals surface area contributed by atoms with Crippen molar-refractivity contribution in [3.05, 3.63) is 29.8 Å². The maximum Gasteiger partial charge on any atom is 0.407 e. The SMILES string of the molecule is CC(C)(C)OC(=O)NCCCCCNC(=O)Cc1ncccc1F. The number of carbonyl (C=O) groups is 2. The van der Waals surface area contributed by atoms with Gasteiger partial charge in [0.15, 0.2) is 0 Å². The second kappa shape index (κ2) is 9.85. The quantitative estimate of drug-likeness (QED) is 0.713. The van der Waals surface area contributed by atoms with Crippen LogP contribution in [0.5, 0.6) is 0 Å².